The van der Waals surface area contributed by atoms with Crippen LogP contribution < -0.4 is 10.6 Å². The first-order chi connectivity index (χ1) is 12.1. The number of aryl methyl sites for hydroxylation is 1. The van der Waals surface area contributed by atoms with E-state index in [1.54, 1.807) is 13.1 Å². The first-order valence-electron chi connectivity index (χ1n) is 8.62. The fourth-order valence-corrected chi connectivity index (χ4v) is 3.47. The maximum Gasteiger partial charge on any atom is 0.407 e. The highest BCUT2D eigenvalue weighted by atomic mass is 79.9. The molecule has 1 aromatic heterocycles. The second-order valence-electron chi connectivity index (χ2n) is 7.52. The minimum Gasteiger partial charge on any atom is -0.444 e. The Morgan fingerprint density at radius 3 is 2.65 bits per heavy atom. The number of aromatic nitrogens is 1. The van der Waals surface area contributed by atoms with Crippen LogP contribution in [0.2, 0.25) is 0 Å². The molecular formula is C17H25BrN4O4. The summed E-state index contributed by atoms with van der Waals surface area (Å²) in [4.78, 5) is 27.0. The van der Waals surface area contributed by atoms with Crippen molar-refractivity contribution in [3.63, 3.8) is 0 Å². The summed E-state index contributed by atoms with van der Waals surface area (Å²) in [6.07, 6.45) is 4.44. The fraction of sp³-hybridized carbons (Fsp3) is 0.647. The number of nitrogens with one attached hydrogen (secondary N) is 2. The SMILES string of the molecule is Cc1ncc(Br)c(N[C@H]2CCC[C@@H](NC(=O)OC(C)(C)C)C2)c1[N+](=O)[O-]. The van der Waals surface area contributed by atoms with Crippen molar-refractivity contribution >= 4 is 33.4 Å². The predicted molar refractivity (Wildman–Crippen MR) is 102 cm³/mol. The van der Waals surface area contributed by atoms with E-state index in [9.17, 15) is 14.9 Å². The number of halogens is 1. The van der Waals surface area contributed by atoms with Crippen LogP contribution in [-0.4, -0.2) is 33.7 Å². The number of rotatable bonds is 4. The molecule has 8 nitrogen and oxygen atoms in total. The van der Waals surface area contributed by atoms with Gasteiger partial charge in [-0.1, -0.05) is 0 Å². The van der Waals surface area contributed by atoms with Crippen LogP contribution in [-0.2, 0) is 4.74 Å². The van der Waals surface area contributed by atoms with Gasteiger partial charge in [-0.3, -0.25) is 15.1 Å². The Kier molecular flexibility index (Phi) is 6.44. The summed E-state index contributed by atoms with van der Waals surface area (Å²) in [7, 11) is 0. The quantitative estimate of drug-likeness (QED) is 0.546. The molecular weight excluding hydrogens is 404 g/mol. The van der Waals surface area contributed by atoms with Crippen molar-refractivity contribution in [3.8, 4) is 0 Å². The Morgan fingerprint density at radius 2 is 2.04 bits per heavy atom. The number of ether oxygens (including phenoxy) is 1. The van der Waals surface area contributed by atoms with E-state index in [0.717, 1.165) is 19.3 Å². The summed E-state index contributed by atoms with van der Waals surface area (Å²) >= 11 is 3.35. The topological polar surface area (TPSA) is 106 Å². The summed E-state index contributed by atoms with van der Waals surface area (Å²) in [5, 5.41) is 17.6. The molecule has 1 amide bonds. The summed E-state index contributed by atoms with van der Waals surface area (Å²) in [6, 6.07) is -0.0163. The number of hydrogen-bond acceptors (Lipinski definition) is 6. The molecule has 1 fully saturated rings. The largest absolute Gasteiger partial charge is 0.444 e. The molecule has 144 valence electrons. The average Bonchev–Trinajstić information content (AvgIpc) is 2.49. The van der Waals surface area contributed by atoms with Crippen molar-refractivity contribution < 1.29 is 14.5 Å². The van der Waals surface area contributed by atoms with Crippen LogP contribution in [0.15, 0.2) is 10.7 Å². The first kappa shape index (κ1) is 20.4. The van der Waals surface area contributed by atoms with Crippen molar-refractivity contribution in [1.29, 1.82) is 0 Å². The number of amides is 1. The van der Waals surface area contributed by atoms with Crippen LogP contribution in [0.3, 0.4) is 0 Å². The van der Waals surface area contributed by atoms with Gasteiger partial charge in [0.25, 0.3) is 0 Å². The number of pyridine rings is 1. The van der Waals surface area contributed by atoms with Crippen molar-refractivity contribution in [2.75, 3.05) is 5.32 Å². The molecule has 2 N–H and O–H groups in total. The zero-order valence-electron chi connectivity index (χ0n) is 15.5. The van der Waals surface area contributed by atoms with Crippen molar-refractivity contribution in [2.24, 2.45) is 0 Å². The Labute approximate surface area is 161 Å². The van der Waals surface area contributed by atoms with Gasteiger partial charge in [0.2, 0.25) is 0 Å². The molecule has 26 heavy (non-hydrogen) atoms. The molecule has 0 radical (unpaired) electrons. The van der Waals surface area contributed by atoms with Crippen molar-refractivity contribution in [2.45, 2.75) is 71.1 Å². The van der Waals surface area contributed by atoms with Gasteiger partial charge in [0.05, 0.1) is 9.40 Å². The molecule has 0 unspecified atom stereocenters. The van der Waals surface area contributed by atoms with Crippen molar-refractivity contribution in [3.05, 3.63) is 26.5 Å². The lowest BCUT2D eigenvalue weighted by Crippen LogP contribution is -2.44. The molecule has 0 saturated heterocycles. The summed E-state index contributed by atoms with van der Waals surface area (Å²) < 4.78 is 5.86. The van der Waals surface area contributed by atoms with Crippen molar-refractivity contribution in [1.82, 2.24) is 10.3 Å². The zero-order chi connectivity index (χ0) is 19.5. The molecule has 9 heteroatoms. The fourth-order valence-electron chi connectivity index (χ4n) is 3.06. The third kappa shape index (κ3) is 5.55. The van der Waals surface area contributed by atoms with Crippen LogP contribution >= 0.6 is 15.9 Å². The standard InChI is InChI=1S/C17H25BrN4O4/c1-10-15(22(24)25)14(13(18)9-19-10)20-11-6-5-7-12(8-11)21-16(23)26-17(2,3)4/h9,11-12H,5-8H2,1-4H3,(H,19,20)(H,21,23)/t11-,12+/m0/s1. The average molecular weight is 429 g/mol. The molecule has 0 aliphatic heterocycles. The van der Waals surface area contributed by atoms with E-state index >= 15 is 0 Å². The summed E-state index contributed by atoms with van der Waals surface area (Å²) in [5.41, 5.74) is 0.225. The van der Waals surface area contributed by atoms with Gasteiger partial charge in [-0.05, 0) is 69.3 Å². The number of anilines is 1. The molecule has 1 aromatic rings. The third-order valence-corrected chi connectivity index (χ3v) is 4.72. The highest BCUT2D eigenvalue weighted by Gasteiger charge is 2.29. The second kappa shape index (κ2) is 8.20. The number of alkyl carbamates (subject to hydrolysis) is 1. The molecule has 1 aliphatic carbocycles. The van der Waals surface area contributed by atoms with Crippen LogP contribution in [0, 0.1) is 17.0 Å². The predicted octanol–water partition coefficient (Wildman–Crippen LogP) is 4.31. The van der Waals surface area contributed by atoms with Gasteiger partial charge < -0.3 is 15.4 Å². The zero-order valence-corrected chi connectivity index (χ0v) is 17.1. The molecule has 1 heterocycles. The van der Waals surface area contributed by atoms with Gasteiger partial charge in [-0.25, -0.2) is 4.79 Å². The van der Waals surface area contributed by atoms with Gasteiger partial charge in [-0.2, -0.15) is 0 Å². The molecule has 0 bridgehead atoms. The summed E-state index contributed by atoms with van der Waals surface area (Å²) in [5.74, 6) is 0. The van der Waals surface area contributed by atoms with Gasteiger partial charge in [0.1, 0.15) is 17.0 Å². The number of nitrogens with zero attached hydrogens (tertiary/aromatic N) is 2. The normalized spacial score (nSPS) is 20.3. The van der Waals surface area contributed by atoms with E-state index in [2.05, 4.69) is 31.5 Å². The molecule has 1 saturated carbocycles. The third-order valence-electron chi connectivity index (χ3n) is 4.12. The van der Waals surface area contributed by atoms with E-state index in [1.807, 2.05) is 20.8 Å². The highest BCUT2D eigenvalue weighted by molar-refractivity contribution is 9.10. The number of carbonyl (C=O) groups is 1. The first-order valence-corrected chi connectivity index (χ1v) is 9.41. The van der Waals surface area contributed by atoms with Crippen LogP contribution in [0.4, 0.5) is 16.2 Å². The monoisotopic (exact) mass is 428 g/mol. The molecule has 2 rings (SSSR count). The maximum absolute atomic E-state index is 12.0. The van der Waals surface area contributed by atoms with E-state index in [-0.39, 0.29) is 17.8 Å². The maximum atomic E-state index is 12.0. The van der Waals surface area contributed by atoms with E-state index in [0.29, 0.717) is 22.3 Å². The highest BCUT2D eigenvalue weighted by Crippen LogP contribution is 2.36. The number of nitro groups is 1. The van der Waals surface area contributed by atoms with Crippen LogP contribution in [0.25, 0.3) is 0 Å². The second-order valence-corrected chi connectivity index (χ2v) is 8.38. The Hall–Kier alpha value is -1.90. The molecule has 1 aliphatic rings. The Morgan fingerprint density at radius 1 is 1.38 bits per heavy atom. The molecule has 0 aromatic carbocycles. The van der Waals surface area contributed by atoms with E-state index in [4.69, 9.17) is 4.74 Å². The van der Waals surface area contributed by atoms with E-state index in [1.165, 1.54) is 0 Å². The minimum absolute atomic E-state index is 0.0143. The van der Waals surface area contributed by atoms with Gasteiger partial charge >= 0.3 is 11.8 Å². The van der Waals surface area contributed by atoms with E-state index < -0.39 is 16.6 Å². The lowest BCUT2D eigenvalue weighted by Gasteiger charge is -2.31. The number of carbonyl (C=O) groups excluding carboxylic acids is 1. The Balaban J connectivity index is 2.06. The minimum atomic E-state index is -0.545. The lowest BCUT2D eigenvalue weighted by molar-refractivity contribution is -0.384. The summed E-state index contributed by atoms with van der Waals surface area (Å²) in [6.45, 7) is 7.07. The lowest BCUT2D eigenvalue weighted by atomic mass is 9.91. The smallest absolute Gasteiger partial charge is 0.407 e. The van der Waals surface area contributed by atoms with Gasteiger partial charge in [-0.15, -0.1) is 0 Å². The van der Waals surface area contributed by atoms with Gasteiger partial charge in [0, 0.05) is 18.3 Å². The van der Waals surface area contributed by atoms with Crippen LogP contribution in [0.5, 0.6) is 0 Å². The molecule has 2 atom stereocenters. The van der Waals surface area contributed by atoms with Gasteiger partial charge in [0.15, 0.2) is 0 Å². The molecule has 0 spiro atoms. The number of hydrogen-bond donors (Lipinski definition) is 2. The Bertz CT molecular complexity index is 690. The van der Waals surface area contributed by atoms with Crippen LogP contribution in [0.1, 0.15) is 52.1 Å².